The van der Waals surface area contributed by atoms with Crippen LogP contribution in [-0.4, -0.2) is 50.4 Å². The molecular weight excluding hydrogens is 266 g/mol. The number of hydrogen-bond donors (Lipinski definition) is 1. The Morgan fingerprint density at radius 1 is 1.10 bits per heavy atom. The average molecular weight is 289 g/mol. The molecule has 2 rings (SSSR count). The van der Waals surface area contributed by atoms with Crippen molar-refractivity contribution in [1.29, 1.82) is 0 Å². The fourth-order valence-corrected chi connectivity index (χ4v) is 2.33. The van der Waals surface area contributed by atoms with Crippen LogP contribution in [0.15, 0.2) is 30.5 Å². The summed E-state index contributed by atoms with van der Waals surface area (Å²) < 4.78 is 10.4. The molecule has 5 heteroatoms. The summed E-state index contributed by atoms with van der Waals surface area (Å²) in [5.41, 5.74) is 8.93. The molecule has 0 aliphatic heterocycles. The van der Waals surface area contributed by atoms with Gasteiger partial charge in [0.1, 0.15) is 0 Å². The van der Waals surface area contributed by atoms with Gasteiger partial charge in [-0.1, -0.05) is 6.07 Å². The molecule has 5 nitrogen and oxygen atoms in total. The van der Waals surface area contributed by atoms with Crippen molar-refractivity contribution in [3.05, 3.63) is 36.0 Å². The number of aromatic nitrogens is 1. The highest BCUT2D eigenvalue weighted by molar-refractivity contribution is 5.92. The average Bonchev–Trinajstić information content (AvgIpc) is 2.52. The largest absolute Gasteiger partial charge is 0.398 e. The van der Waals surface area contributed by atoms with Gasteiger partial charge in [0.05, 0.1) is 18.7 Å². The van der Waals surface area contributed by atoms with Gasteiger partial charge in [0, 0.05) is 51.1 Å². The molecular formula is C16H23N3O2. The molecule has 0 radical (unpaired) electrons. The van der Waals surface area contributed by atoms with Crippen molar-refractivity contribution < 1.29 is 9.47 Å². The van der Waals surface area contributed by atoms with E-state index in [9.17, 15) is 0 Å². The molecule has 0 bridgehead atoms. The van der Waals surface area contributed by atoms with Crippen LogP contribution in [0, 0.1) is 0 Å². The van der Waals surface area contributed by atoms with Crippen molar-refractivity contribution in [1.82, 2.24) is 9.88 Å². The van der Waals surface area contributed by atoms with Gasteiger partial charge in [-0.3, -0.25) is 9.88 Å². The first-order valence-electron chi connectivity index (χ1n) is 7.08. The summed E-state index contributed by atoms with van der Waals surface area (Å²) in [6.45, 7) is 3.92. The minimum atomic E-state index is 0.698. The molecule has 0 aliphatic carbocycles. The van der Waals surface area contributed by atoms with Gasteiger partial charge in [-0.25, -0.2) is 0 Å². The summed E-state index contributed by atoms with van der Waals surface area (Å²) in [6, 6.07) is 7.92. The maximum Gasteiger partial charge on any atom is 0.0767 e. The number of benzene rings is 1. The molecule has 1 aromatic heterocycles. The van der Waals surface area contributed by atoms with E-state index in [0.29, 0.717) is 13.2 Å². The molecule has 21 heavy (non-hydrogen) atoms. The molecule has 1 aromatic carbocycles. The predicted octanol–water partition coefficient (Wildman–Crippen LogP) is 1.91. The van der Waals surface area contributed by atoms with Crippen LogP contribution >= 0.6 is 0 Å². The molecule has 0 saturated heterocycles. The topological polar surface area (TPSA) is 60.6 Å². The quantitative estimate of drug-likeness (QED) is 0.752. The van der Waals surface area contributed by atoms with Gasteiger partial charge in [-0.2, -0.15) is 0 Å². The number of nitrogens with zero attached hydrogens (tertiary/aromatic N) is 2. The third-order valence-electron chi connectivity index (χ3n) is 3.50. The maximum atomic E-state index is 6.02. The zero-order valence-electron chi connectivity index (χ0n) is 12.7. The first-order valence-corrected chi connectivity index (χ1v) is 7.08. The van der Waals surface area contributed by atoms with Crippen molar-refractivity contribution in [2.45, 2.75) is 6.54 Å². The fourth-order valence-electron chi connectivity index (χ4n) is 2.33. The van der Waals surface area contributed by atoms with Gasteiger partial charge >= 0.3 is 0 Å². The summed E-state index contributed by atoms with van der Waals surface area (Å²) >= 11 is 0. The molecule has 0 amide bonds. The molecule has 0 spiro atoms. The van der Waals surface area contributed by atoms with E-state index < -0.39 is 0 Å². The Labute approximate surface area is 125 Å². The molecule has 2 N–H and O–H groups in total. The second kappa shape index (κ2) is 7.93. The van der Waals surface area contributed by atoms with E-state index in [1.54, 1.807) is 20.4 Å². The minimum Gasteiger partial charge on any atom is -0.398 e. The van der Waals surface area contributed by atoms with E-state index in [2.05, 4.69) is 16.0 Å². The number of methoxy groups -OCH3 is 2. The van der Waals surface area contributed by atoms with E-state index in [0.717, 1.165) is 36.2 Å². The van der Waals surface area contributed by atoms with E-state index in [-0.39, 0.29) is 0 Å². The van der Waals surface area contributed by atoms with Crippen LogP contribution in [0.3, 0.4) is 0 Å². The molecule has 0 fully saturated rings. The van der Waals surface area contributed by atoms with Crippen molar-refractivity contribution in [2.75, 3.05) is 46.3 Å². The Morgan fingerprint density at radius 3 is 2.48 bits per heavy atom. The van der Waals surface area contributed by atoms with Gasteiger partial charge in [0.25, 0.3) is 0 Å². The first-order chi connectivity index (χ1) is 10.3. The Balaban J connectivity index is 2.21. The minimum absolute atomic E-state index is 0.698. The second-order valence-corrected chi connectivity index (χ2v) is 4.98. The summed E-state index contributed by atoms with van der Waals surface area (Å²) in [6.07, 6.45) is 1.81. The lowest BCUT2D eigenvalue weighted by atomic mass is 10.1. The van der Waals surface area contributed by atoms with Gasteiger partial charge in [-0.15, -0.1) is 0 Å². The number of ether oxygens (including phenoxy) is 2. The van der Waals surface area contributed by atoms with Crippen LogP contribution in [0.5, 0.6) is 0 Å². The van der Waals surface area contributed by atoms with Gasteiger partial charge in [0.15, 0.2) is 0 Å². The highest BCUT2D eigenvalue weighted by Gasteiger charge is 2.10. The normalized spacial score (nSPS) is 11.4. The summed E-state index contributed by atoms with van der Waals surface area (Å²) in [4.78, 5) is 6.78. The molecule has 1 heterocycles. The molecule has 0 atom stereocenters. The molecule has 0 aliphatic rings. The maximum absolute atomic E-state index is 6.02. The SMILES string of the molecule is COCCN(CCOC)Cc1ccc(N)c2cccnc12. The van der Waals surface area contributed by atoms with Crippen molar-refractivity contribution >= 4 is 16.6 Å². The monoisotopic (exact) mass is 289 g/mol. The lowest BCUT2D eigenvalue weighted by molar-refractivity contribution is 0.110. The van der Waals surface area contributed by atoms with Crippen LogP contribution in [0.4, 0.5) is 5.69 Å². The number of anilines is 1. The molecule has 2 aromatic rings. The number of fused-ring (bicyclic) bond motifs is 1. The predicted molar refractivity (Wildman–Crippen MR) is 85.2 cm³/mol. The third-order valence-corrected chi connectivity index (χ3v) is 3.50. The van der Waals surface area contributed by atoms with Crippen molar-refractivity contribution in [2.24, 2.45) is 0 Å². The van der Waals surface area contributed by atoms with Crippen LogP contribution in [0.2, 0.25) is 0 Å². The van der Waals surface area contributed by atoms with E-state index in [4.69, 9.17) is 15.2 Å². The molecule has 0 unspecified atom stereocenters. The van der Waals surface area contributed by atoms with Crippen LogP contribution < -0.4 is 5.73 Å². The van der Waals surface area contributed by atoms with E-state index in [1.807, 2.05) is 18.2 Å². The second-order valence-electron chi connectivity index (χ2n) is 4.98. The summed E-state index contributed by atoms with van der Waals surface area (Å²) in [5, 5.41) is 1.01. The molecule has 114 valence electrons. The lowest BCUT2D eigenvalue weighted by Gasteiger charge is -2.22. The number of hydrogen-bond acceptors (Lipinski definition) is 5. The van der Waals surface area contributed by atoms with Gasteiger partial charge in [0.2, 0.25) is 0 Å². The Kier molecular flexibility index (Phi) is 5.92. The Morgan fingerprint density at radius 2 is 1.81 bits per heavy atom. The van der Waals surface area contributed by atoms with Crippen LogP contribution in [0.25, 0.3) is 10.9 Å². The highest BCUT2D eigenvalue weighted by atomic mass is 16.5. The Hall–Kier alpha value is -1.69. The van der Waals surface area contributed by atoms with Gasteiger partial charge < -0.3 is 15.2 Å². The van der Waals surface area contributed by atoms with Crippen molar-refractivity contribution in [3.8, 4) is 0 Å². The zero-order valence-corrected chi connectivity index (χ0v) is 12.7. The van der Waals surface area contributed by atoms with Crippen LogP contribution in [0.1, 0.15) is 5.56 Å². The lowest BCUT2D eigenvalue weighted by Crippen LogP contribution is -2.30. The van der Waals surface area contributed by atoms with E-state index in [1.165, 1.54) is 5.56 Å². The number of pyridine rings is 1. The fraction of sp³-hybridized carbons (Fsp3) is 0.438. The standard InChI is InChI=1S/C16H23N3O2/c1-20-10-8-19(9-11-21-2)12-13-5-6-15(17)14-4-3-7-18-16(13)14/h3-7H,8-12,17H2,1-2H3. The van der Waals surface area contributed by atoms with Crippen LogP contribution in [-0.2, 0) is 16.0 Å². The number of rotatable bonds is 8. The first kappa shape index (κ1) is 15.7. The highest BCUT2D eigenvalue weighted by Crippen LogP contribution is 2.23. The number of nitrogens with two attached hydrogens (primary N) is 1. The smallest absolute Gasteiger partial charge is 0.0767 e. The van der Waals surface area contributed by atoms with Gasteiger partial charge in [-0.05, 0) is 23.8 Å². The summed E-state index contributed by atoms with van der Waals surface area (Å²) in [5.74, 6) is 0. The van der Waals surface area contributed by atoms with E-state index >= 15 is 0 Å². The van der Waals surface area contributed by atoms with Crippen molar-refractivity contribution in [3.63, 3.8) is 0 Å². The Bertz CT molecular complexity index is 566. The summed E-state index contributed by atoms with van der Waals surface area (Å²) in [7, 11) is 3.43. The third kappa shape index (κ3) is 4.14. The molecule has 0 saturated carbocycles. The zero-order chi connectivity index (χ0) is 15.1. The number of nitrogen functional groups attached to an aromatic ring is 1.